The number of halogens is 4. The summed E-state index contributed by atoms with van der Waals surface area (Å²) < 4.78 is 42.6. The topological polar surface area (TPSA) is 78.1 Å². The molecule has 6 nitrogen and oxygen atoms in total. The standard InChI is InChI=1S/C25H20BrF3N4O2/c1-2-3-10-33(25(35)31-21-18(28)12-16(27)13-19(21)29)22-20(14-6-4-7-15(26)11-14)17-8-5-9-30-23(17)32-24(22)34/h4-9,11-13H,2-3,10H2,1H3,(H,31,35)(H,30,32,34). The Morgan fingerprint density at radius 2 is 1.86 bits per heavy atom. The second-order valence-electron chi connectivity index (χ2n) is 7.77. The van der Waals surface area contributed by atoms with Crippen LogP contribution in [0.25, 0.3) is 22.2 Å². The quantitative estimate of drug-likeness (QED) is 0.286. The van der Waals surface area contributed by atoms with Gasteiger partial charge >= 0.3 is 6.03 Å². The first kappa shape index (κ1) is 24.5. The zero-order chi connectivity index (χ0) is 25.1. The number of amides is 2. The van der Waals surface area contributed by atoms with E-state index in [1.165, 1.54) is 6.20 Å². The molecule has 10 heteroatoms. The Hall–Kier alpha value is -3.66. The number of H-pyrrole nitrogens is 1. The fourth-order valence-corrected chi connectivity index (χ4v) is 4.17. The molecule has 4 aromatic rings. The van der Waals surface area contributed by atoms with Crippen LogP contribution >= 0.6 is 15.9 Å². The van der Waals surface area contributed by atoms with Crippen molar-refractivity contribution in [3.8, 4) is 11.1 Å². The summed E-state index contributed by atoms with van der Waals surface area (Å²) in [5, 5.41) is 2.75. The molecule has 0 spiro atoms. The third kappa shape index (κ3) is 5.07. The predicted octanol–water partition coefficient (Wildman–Crippen LogP) is 6.61. The Labute approximate surface area is 206 Å². The number of pyridine rings is 2. The number of aromatic amines is 1. The Morgan fingerprint density at radius 3 is 2.54 bits per heavy atom. The van der Waals surface area contributed by atoms with Crippen molar-refractivity contribution in [2.24, 2.45) is 0 Å². The van der Waals surface area contributed by atoms with Crippen molar-refractivity contribution in [2.75, 3.05) is 16.8 Å². The number of rotatable bonds is 6. The summed E-state index contributed by atoms with van der Waals surface area (Å²) in [4.78, 5) is 34.8. The van der Waals surface area contributed by atoms with Crippen LogP contribution in [-0.2, 0) is 0 Å². The highest BCUT2D eigenvalue weighted by Gasteiger charge is 2.27. The lowest BCUT2D eigenvalue weighted by atomic mass is 10.00. The van der Waals surface area contributed by atoms with Gasteiger partial charge in [0.25, 0.3) is 5.56 Å². The van der Waals surface area contributed by atoms with Gasteiger partial charge in [-0.15, -0.1) is 0 Å². The average molecular weight is 545 g/mol. The molecule has 2 aromatic carbocycles. The molecule has 0 unspecified atom stereocenters. The number of urea groups is 1. The van der Waals surface area contributed by atoms with E-state index in [1.807, 2.05) is 13.0 Å². The molecule has 0 aliphatic rings. The molecule has 0 bridgehead atoms. The number of hydrogen-bond donors (Lipinski definition) is 2. The number of nitrogens with one attached hydrogen (secondary N) is 2. The molecule has 0 atom stereocenters. The molecule has 2 amide bonds. The van der Waals surface area contributed by atoms with E-state index in [-0.39, 0.29) is 12.2 Å². The van der Waals surface area contributed by atoms with Crippen molar-refractivity contribution in [1.82, 2.24) is 9.97 Å². The first-order valence-corrected chi connectivity index (χ1v) is 11.6. The van der Waals surface area contributed by atoms with Crippen LogP contribution in [0.4, 0.5) is 29.3 Å². The minimum atomic E-state index is -1.27. The van der Waals surface area contributed by atoms with Gasteiger partial charge in [-0.2, -0.15) is 0 Å². The lowest BCUT2D eigenvalue weighted by molar-refractivity contribution is 0.256. The molecule has 0 radical (unpaired) electrons. The van der Waals surface area contributed by atoms with Crippen molar-refractivity contribution < 1.29 is 18.0 Å². The summed E-state index contributed by atoms with van der Waals surface area (Å²) in [6.07, 6.45) is 2.72. The number of carbonyl (C=O) groups is 1. The second-order valence-corrected chi connectivity index (χ2v) is 8.68. The van der Waals surface area contributed by atoms with Gasteiger partial charge in [0.1, 0.15) is 22.8 Å². The second kappa shape index (κ2) is 10.3. The first-order valence-electron chi connectivity index (χ1n) is 10.8. The number of unbranched alkanes of at least 4 members (excludes halogenated alkanes) is 1. The number of aromatic nitrogens is 2. The highest BCUT2D eigenvalue weighted by molar-refractivity contribution is 9.10. The molecular formula is C25H20BrF3N4O2. The Kier molecular flexibility index (Phi) is 7.20. The largest absolute Gasteiger partial charge is 0.326 e. The molecule has 180 valence electrons. The van der Waals surface area contributed by atoms with Crippen LogP contribution in [0.3, 0.4) is 0 Å². The van der Waals surface area contributed by atoms with Crippen molar-refractivity contribution >= 4 is 44.4 Å². The number of fused-ring (bicyclic) bond motifs is 1. The van der Waals surface area contributed by atoms with Crippen LogP contribution in [0, 0.1) is 17.5 Å². The molecule has 0 saturated carbocycles. The zero-order valence-electron chi connectivity index (χ0n) is 18.5. The normalized spacial score (nSPS) is 11.0. The van der Waals surface area contributed by atoms with Gasteiger partial charge in [-0.3, -0.25) is 9.69 Å². The highest BCUT2D eigenvalue weighted by atomic mass is 79.9. The lowest BCUT2D eigenvalue weighted by Gasteiger charge is -2.26. The number of benzene rings is 2. The van der Waals surface area contributed by atoms with Crippen LogP contribution in [0.1, 0.15) is 19.8 Å². The highest BCUT2D eigenvalue weighted by Crippen LogP contribution is 2.35. The van der Waals surface area contributed by atoms with Gasteiger partial charge in [-0.05, 0) is 36.2 Å². The van der Waals surface area contributed by atoms with Gasteiger partial charge in [-0.25, -0.2) is 22.9 Å². The maximum absolute atomic E-state index is 14.3. The van der Waals surface area contributed by atoms with E-state index in [0.29, 0.717) is 47.1 Å². The summed E-state index contributed by atoms with van der Waals surface area (Å²) in [6, 6.07) is 10.6. The van der Waals surface area contributed by atoms with Gasteiger partial charge in [0.2, 0.25) is 0 Å². The van der Waals surface area contributed by atoms with E-state index >= 15 is 0 Å². The maximum Gasteiger partial charge on any atom is 0.326 e. The molecular weight excluding hydrogens is 525 g/mol. The Morgan fingerprint density at radius 1 is 1.11 bits per heavy atom. The number of carbonyl (C=O) groups excluding carboxylic acids is 1. The van der Waals surface area contributed by atoms with Crippen LogP contribution in [0.15, 0.2) is 64.0 Å². The van der Waals surface area contributed by atoms with E-state index in [9.17, 15) is 22.8 Å². The van der Waals surface area contributed by atoms with Crippen LogP contribution < -0.4 is 15.8 Å². The van der Waals surface area contributed by atoms with Gasteiger partial charge < -0.3 is 10.3 Å². The van der Waals surface area contributed by atoms with Gasteiger partial charge in [0, 0.05) is 40.3 Å². The third-order valence-electron chi connectivity index (χ3n) is 5.36. The molecule has 2 heterocycles. The summed E-state index contributed by atoms with van der Waals surface area (Å²) in [7, 11) is 0. The SMILES string of the molecule is CCCCN(C(=O)Nc1c(F)cc(F)cc1F)c1c(-c2cccc(Br)c2)c2cccnc2[nH]c1=O. The minimum Gasteiger partial charge on any atom is -0.305 e. The fraction of sp³-hybridized carbons (Fsp3) is 0.160. The fourth-order valence-electron chi connectivity index (χ4n) is 3.78. The van der Waals surface area contributed by atoms with Crippen molar-refractivity contribution in [2.45, 2.75) is 19.8 Å². The zero-order valence-corrected chi connectivity index (χ0v) is 20.1. The monoisotopic (exact) mass is 544 g/mol. The minimum absolute atomic E-state index is 0.00234. The van der Waals surface area contributed by atoms with E-state index in [2.05, 4.69) is 31.2 Å². The number of anilines is 2. The maximum atomic E-state index is 14.3. The molecule has 0 saturated heterocycles. The predicted molar refractivity (Wildman–Crippen MR) is 133 cm³/mol. The molecule has 0 aliphatic heterocycles. The third-order valence-corrected chi connectivity index (χ3v) is 5.86. The summed E-state index contributed by atoms with van der Waals surface area (Å²) in [5.74, 6) is -3.65. The van der Waals surface area contributed by atoms with Gasteiger partial charge in [0.15, 0.2) is 11.6 Å². The summed E-state index contributed by atoms with van der Waals surface area (Å²) in [5.41, 5.74) is -0.0187. The number of hydrogen-bond acceptors (Lipinski definition) is 3. The molecule has 2 N–H and O–H groups in total. The van der Waals surface area contributed by atoms with E-state index < -0.39 is 34.7 Å². The Bertz CT molecular complexity index is 1450. The first-order chi connectivity index (χ1) is 16.8. The summed E-state index contributed by atoms with van der Waals surface area (Å²) >= 11 is 3.43. The number of nitrogens with zero attached hydrogens (tertiary/aromatic N) is 2. The summed E-state index contributed by atoms with van der Waals surface area (Å²) in [6.45, 7) is 1.99. The van der Waals surface area contributed by atoms with Crippen LogP contribution in [-0.4, -0.2) is 22.5 Å². The smallest absolute Gasteiger partial charge is 0.305 e. The van der Waals surface area contributed by atoms with E-state index in [0.717, 1.165) is 9.37 Å². The van der Waals surface area contributed by atoms with Gasteiger partial charge in [0.05, 0.1) is 0 Å². The molecule has 35 heavy (non-hydrogen) atoms. The van der Waals surface area contributed by atoms with Crippen molar-refractivity contribution in [1.29, 1.82) is 0 Å². The van der Waals surface area contributed by atoms with Crippen LogP contribution in [0.5, 0.6) is 0 Å². The van der Waals surface area contributed by atoms with Crippen LogP contribution in [0.2, 0.25) is 0 Å². The van der Waals surface area contributed by atoms with Crippen molar-refractivity contribution in [3.05, 3.63) is 87.0 Å². The molecule has 0 aliphatic carbocycles. The molecule has 0 fully saturated rings. The molecule has 4 rings (SSSR count). The average Bonchev–Trinajstić information content (AvgIpc) is 2.81. The van der Waals surface area contributed by atoms with E-state index in [1.54, 1.807) is 30.3 Å². The van der Waals surface area contributed by atoms with E-state index in [4.69, 9.17) is 0 Å². The lowest BCUT2D eigenvalue weighted by Crippen LogP contribution is -2.40. The van der Waals surface area contributed by atoms with Crippen molar-refractivity contribution in [3.63, 3.8) is 0 Å². The Balaban J connectivity index is 1.92. The van der Waals surface area contributed by atoms with Gasteiger partial charge in [-0.1, -0.05) is 41.4 Å². The molecule has 2 aromatic heterocycles.